The molecule has 5 aromatic rings. The van der Waals surface area contributed by atoms with Gasteiger partial charge in [-0.05, 0) is 89.9 Å². The van der Waals surface area contributed by atoms with Gasteiger partial charge in [-0.2, -0.15) is 0 Å². The van der Waals surface area contributed by atoms with Gasteiger partial charge in [0.25, 0.3) is 5.91 Å². The molecule has 1 aromatic heterocycles. The number of rotatable bonds is 14. The summed E-state index contributed by atoms with van der Waals surface area (Å²) in [5.41, 5.74) is 5.55. The maximum absolute atomic E-state index is 14.8. The number of aromatic nitrogens is 2. The molecule has 0 bridgehead atoms. The van der Waals surface area contributed by atoms with Crippen molar-refractivity contribution in [3.05, 3.63) is 168 Å². The lowest BCUT2D eigenvalue weighted by Gasteiger charge is -2.34. The Kier molecular flexibility index (Phi) is 16.3. The summed E-state index contributed by atoms with van der Waals surface area (Å²) in [6.07, 6.45) is 7.66. The fourth-order valence-electron chi connectivity index (χ4n) is 9.06. The smallest absolute Gasteiger partial charge is 0.270 e. The SMILES string of the molecule is O=C1/C(=C/c2ccc(Cl)c(Cl)c2)CN(C(=O)[C@H](Cc2ccccc2)NC(=O)C2CCCC(Nc3cc(C(=O)NC[C@H](O)CN4CCc5ccccc5C4)ncn3)C2)C/C1=C\c1ccc(Cl)c(Cl)c1. The molecule has 1 saturated heterocycles. The van der Waals surface area contributed by atoms with E-state index in [0.29, 0.717) is 67.6 Å². The Hall–Kier alpha value is -5.60. The second kappa shape index (κ2) is 22.7. The first kappa shape index (κ1) is 48.8. The number of halogens is 4. The fraction of sp³-hybridized carbons (Fsp3) is 0.308. The number of aliphatic hydroxyl groups excluding tert-OH is 1. The average molecular weight is 996 g/mol. The maximum atomic E-state index is 14.8. The molecule has 1 aliphatic carbocycles. The number of hydrogen-bond acceptors (Lipinski definition) is 9. The number of hydrogen-bond donors (Lipinski definition) is 4. The van der Waals surface area contributed by atoms with Crippen LogP contribution in [0.25, 0.3) is 12.2 Å². The van der Waals surface area contributed by atoms with Crippen molar-refractivity contribution in [3.8, 4) is 0 Å². The second-order valence-corrected chi connectivity index (χ2v) is 19.2. The van der Waals surface area contributed by atoms with Crippen molar-refractivity contribution < 1.29 is 24.3 Å². The quantitative estimate of drug-likeness (QED) is 0.0802. The minimum Gasteiger partial charge on any atom is -0.390 e. The highest BCUT2D eigenvalue weighted by Gasteiger charge is 2.36. The lowest BCUT2D eigenvalue weighted by molar-refractivity contribution is -0.137. The minimum atomic E-state index is -0.957. The first-order valence-electron chi connectivity index (χ1n) is 22.7. The Morgan fingerprint density at radius 1 is 0.779 bits per heavy atom. The molecule has 2 fully saturated rings. The molecule has 2 aliphatic heterocycles. The molecule has 16 heteroatoms. The number of β-amino-alcohol motifs (C(OH)–C–C–N with tert-alkyl or cyclic N) is 1. The van der Waals surface area contributed by atoms with E-state index in [0.717, 1.165) is 37.9 Å². The van der Waals surface area contributed by atoms with E-state index in [1.165, 1.54) is 17.5 Å². The average Bonchev–Trinajstić information content (AvgIpc) is 3.34. The number of fused-ring (bicyclic) bond motifs is 1. The Morgan fingerprint density at radius 3 is 2.12 bits per heavy atom. The van der Waals surface area contributed by atoms with Crippen molar-refractivity contribution >= 4 is 87.9 Å². The van der Waals surface area contributed by atoms with Gasteiger partial charge in [-0.25, -0.2) is 9.97 Å². The maximum Gasteiger partial charge on any atom is 0.270 e. The number of anilines is 1. The van der Waals surface area contributed by atoms with Crippen LogP contribution in [0.1, 0.15) is 64.0 Å². The predicted octanol–water partition coefficient (Wildman–Crippen LogP) is 8.52. The second-order valence-electron chi connectivity index (χ2n) is 17.6. The van der Waals surface area contributed by atoms with Crippen LogP contribution in [0.5, 0.6) is 0 Å². The number of ketones is 1. The number of Topliss-reactive ketones (excluding diaryl/α,β-unsaturated/α-hetero) is 1. The van der Waals surface area contributed by atoms with E-state index in [4.69, 9.17) is 46.4 Å². The summed E-state index contributed by atoms with van der Waals surface area (Å²) in [5.74, 6) is -1.27. The molecule has 3 aliphatic rings. The van der Waals surface area contributed by atoms with Crippen LogP contribution in [0, 0.1) is 5.92 Å². The number of piperidine rings is 1. The molecule has 4 atom stereocenters. The van der Waals surface area contributed by atoms with Crippen molar-refractivity contribution in [2.75, 3.05) is 38.0 Å². The molecule has 3 amide bonds. The van der Waals surface area contributed by atoms with Crippen molar-refractivity contribution in [3.63, 3.8) is 0 Å². The summed E-state index contributed by atoms with van der Waals surface area (Å²) in [4.78, 5) is 68.7. The van der Waals surface area contributed by atoms with Gasteiger partial charge in [0.05, 0.1) is 26.2 Å². The van der Waals surface area contributed by atoms with Gasteiger partial charge in [0, 0.05) is 74.9 Å². The first-order chi connectivity index (χ1) is 32.8. The van der Waals surface area contributed by atoms with Crippen LogP contribution in [0.4, 0.5) is 5.82 Å². The van der Waals surface area contributed by atoms with Gasteiger partial charge in [0.15, 0.2) is 5.78 Å². The zero-order valence-corrected chi connectivity index (χ0v) is 40.2. The molecule has 352 valence electrons. The molecule has 12 nitrogen and oxygen atoms in total. The zero-order chi connectivity index (χ0) is 47.7. The number of aliphatic hydroxyl groups is 1. The Morgan fingerprint density at radius 2 is 1.44 bits per heavy atom. The van der Waals surface area contributed by atoms with E-state index >= 15 is 0 Å². The third kappa shape index (κ3) is 12.7. The molecule has 2 unspecified atom stereocenters. The minimum absolute atomic E-state index is 0.0131. The lowest BCUT2D eigenvalue weighted by atomic mass is 9.84. The molecule has 8 rings (SSSR count). The Balaban J connectivity index is 0.932. The van der Waals surface area contributed by atoms with Gasteiger partial charge in [-0.1, -0.05) is 120 Å². The molecule has 68 heavy (non-hydrogen) atoms. The Labute approximate surface area is 415 Å². The molecule has 4 aromatic carbocycles. The first-order valence-corrected chi connectivity index (χ1v) is 24.2. The van der Waals surface area contributed by atoms with Crippen molar-refractivity contribution in [1.82, 2.24) is 30.4 Å². The molecule has 1 saturated carbocycles. The molecule has 3 heterocycles. The highest BCUT2D eigenvalue weighted by molar-refractivity contribution is 6.42. The van der Waals surface area contributed by atoms with Gasteiger partial charge in [0.1, 0.15) is 23.9 Å². The monoisotopic (exact) mass is 993 g/mol. The fourth-order valence-corrected chi connectivity index (χ4v) is 9.68. The molecular weight excluding hydrogens is 944 g/mol. The molecule has 0 radical (unpaired) electrons. The van der Waals surface area contributed by atoms with E-state index in [9.17, 15) is 24.3 Å². The van der Waals surface area contributed by atoms with E-state index in [1.807, 2.05) is 42.5 Å². The van der Waals surface area contributed by atoms with Gasteiger partial charge < -0.3 is 26.0 Å². The van der Waals surface area contributed by atoms with Crippen LogP contribution >= 0.6 is 46.4 Å². The van der Waals surface area contributed by atoms with Crippen LogP contribution < -0.4 is 16.0 Å². The predicted molar refractivity (Wildman–Crippen MR) is 268 cm³/mol. The van der Waals surface area contributed by atoms with Crippen molar-refractivity contribution in [2.45, 2.75) is 63.3 Å². The zero-order valence-electron chi connectivity index (χ0n) is 37.1. The number of benzene rings is 4. The van der Waals surface area contributed by atoms with Gasteiger partial charge in [-0.3, -0.25) is 24.1 Å². The van der Waals surface area contributed by atoms with E-state index in [2.05, 4.69) is 43.0 Å². The summed E-state index contributed by atoms with van der Waals surface area (Å²) in [6.45, 7) is 2.07. The van der Waals surface area contributed by atoms with Gasteiger partial charge >= 0.3 is 0 Å². The largest absolute Gasteiger partial charge is 0.390 e. The van der Waals surface area contributed by atoms with Crippen LogP contribution in [0.15, 0.2) is 115 Å². The normalized spacial score (nSPS) is 19.5. The van der Waals surface area contributed by atoms with E-state index in [1.54, 1.807) is 59.5 Å². The summed E-state index contributed by atoms with van der Waals surface area (Å²) in [7, 11) is 0. The number of carbonyl (C=O) groups excluding carboxylic acids is 4. The van der Waals surface area contributed by atoms with Gasteiger partial charge in [0.2, 0.25) is 11.8 Å². The molecule has 4 N–H and O–H groups in total. The summed E-state index contributed by atoms with van der Waals surface area (Å²) in [5, 5.41) is 21.5. The van der Waals surface area contributed by atoms with Crippen LogP contribution in [0.2, 0.25) is 20.1 Å². The highest BCUT2D eigenvalue weighted by atomic mass is 35.5. The molecular formula is C52H51Cl4N7O5. The summed E-state index contributed by atoms with van der Waals surface area (Å²) in [6, 6.07) is 28.3. The number of nitrogens with one attached hydrogen (secondary N) is 3. The number of amides is 3. The van der Waals surface area contributed by atoms with Crippen LogP contribution in [0.3, 0.4) is 0 Å². The van der Waals surface area contributed by atoms with E-state index in [-0.39, 0.29) is 55.4 Å². The lowest BCUT2D eigenvalue weighted by Crippen LogP contribution is -2.54. The van der Waals surface area contributed by atoms with E-state index < -0.39 is 24.0 Å². The summed E-state index contributed by atoms with van der Waals surface area (Å²) >= 11 is 25.1. The molecule has 0 spiro atoms. The highest BCUT2D eigenvalue weighted by Crippen LogP contribution is 2.30. The number of carbonyl (C=O) groups is 4. The van der Waals surface area contributed by atoms with Crippen molar-refractivity contribution in [2.24, 2.45) is 5.92 Å². The van der Waals surface area contributed by atoms with Crippen molar-refractivity contribution in [1.29, 1.82) is 0 Å². The topological polar surface area (TPSA) is 157 Å². The standard InChI is InChI=1S/C52H51Cl4N7O5/c53-42-15-13-33(21-44(42)55)19-38-28-63(29-39(49(38)65)20-34-14-16-43(54)45(56)22-34)52(68)47(23-32-7-2-1-3-8-32)61-50(66)36-11-6-12-40(24-36)60-48-25-46(58-31-59-48)51(67)57-26-41(64)30-62-18-17-35-9-4-5-10-37(35)27-62/h1-5,7-10,13-16,19-22,25,31,36,40-41,47,64H,6,11-12,17-18,23-24,26-30H2,(H,57,67)(H,61,66)(H,58,59,60)/b38-19+,39-20+/t36?,40?,41-,47-/m0/s1. The van der Waals surface area contributed by atoms with Crippen LogP contribution in [-0.4, -0.2) is 99.3 Å². The third-order valence-electron chi connectivity index (χ3n) is 12.6. The number of nitrogens with zero attached hydrogens (tertiary/aromatic N) is 4. The third-order valence-corrected chi connectivity index (χ3v) is 14.0. The van der Waals surface area contributed by atoms with Crippen LogP contribution in [-0.2, 0) is 33.8 Å². The number of likely N-dealkylation sites (tertiary alicyclic amines) is 1. The summed E-state index contributed by atoms with van der Waals surface area (Å²) < 4.78 is 0. The Bertz CT molecular complexity index is 2660. The van der Waals surface area contributed by atoms with Gasteiger partial charge in [-0.15, -0.1) is 0 Å².